The predicted molar refractivity (Wildman–Crippen MR) is 115 cm³/mol. The van der Waals surface area contributed by atoms with Gasteiger partial charge in [-0.05, 0) is 37.8 Å². The van der Waals surface area contributed by atoms with Gasteiger partial charge >= 0.3 is 5.97 Å². The molecule has 1 aliphatic heterocycles. The van der Waals surface area contributed by atoms with Crippen LogP contribution in [-0.2, 0) is 24.0 Å². The van der Waals surface area contributed by atoms with Gasteiger partial charge in [-0.1, -0.05) is 0 Å². The van der Waals surface area contributed by atoms with Crippen molar-refractivity contribution < 1.29 is 29.1 Å². The minimum absolute atomic E-state index is 0.0145. The third-order valence-corrected chi connectivity index (χ3v) is 5.46. The second-order valence-electron chi connectivity index (χ2n) is 6.81. The van der Waals surface area contributed by atoms with Crippen LogP contribution < -0.4 is 27.0 Å². The molecule has 0 aromatic carbocycles. The minimum atomic E-state index is -1.50. The number of aliphatic carboxylic acids is 1. The molecule has 7 N–H and O–H groups in total. The molecule has 1 aliphatic rings. The van der Waals surface area contributed by atoms with Crippen molar-refractivity contribution in [3.63, 3.8) is 0 Å². The Morgan fingerprint density at radius 1 is 1.13 bits per heavy atom. The van der Waals surface area contributed by atoms with Gasteiger partial charge in [-0.25, -0.2) is 4.79 Å². The standard InChI is InChI=1S/C17H29N5O6S2/c1-30-6-4-10(15(25)21-11(17(27)28)7-13(18)23)20-16(26)12(8-29)22-14(24)9-3-2-5-19-9/h9-12,19,29H,2-8H2,1H3,(H2,18,23)(H,20,26)(H,21,25)(H,22,24)(H,27,28). The number of carboxylic acids is 1. The first kappa shape index (κ1) is 26.0. The molecule has 1 fully saturated rings. The summed E-state index contributed by atoms with van der Waals surface area (Å²) in [6.45, 7) is 0.725. The second-order valence-corrected chi connectivity index (χ2v) is 8.16. The van der Waals surface area contributed by atoms with Gasteiger partial charge in [-0.2, -0.15) is 24.4 Å². The van der Waals surface area contributed by atoms with Crippen LogP contribution in [0.2, 0.25) is 0 Å². The Morgan fingerprint density at radius 3 is 2.27 bits per heavy atom. The number of amides is 4. The van der Waals surface area contributed by atoms with Crippen LogP contribution in [0.4, 0.5) is 0 Å². The summed E-state index contributed by atoms with van der Waals surface area (Å²) in [5.41, 5.74) is 5.02. The highest BCUT2D eigenvalue weighted by molar-refractivity contribution is 7.98. The summed E-state index contributed by atoms with van der Waals surface area (Å²) in [6.07, 6.45) is 2.99. The topological polar surface area (TPSA) is 180 Å². The lowest BCUT2D eigenvalue weighted by atomic mass is 10.1. The highest BCUT2D eigenvalue weighted by Crippen LogP contribution is 2.07. The van der Waals surface area contributed by atoms with Crippen LogP contribution in [0.25, 0.3) is 0 Å². The lowest BCUT2D eigenvalue weighted by Crippen LogP contribution is -2.57. The van der Waals surface area contributed by atoms with Crippen molar-refractivity contribution >= 4 is 54.0 Å². The maximum Gasteiger partial charge on any atom is 0.326 e. The summed E-state index contributed by atoms with van der Waals surface area (Å²) in [4.78, 5) is 59.7. The van der Waals surface area contributed by atoms with Gasteiger partial charge in [0, 0.05) is 5.75 Å². The van der Waals surface area contributed by atoms with E-state index in [-0.39, 0.29) is 24.1 Å². The van der Waals surface area contributed by atoms with Gasteiger partial charge in [0.05, 0.1) is 12.5 Å². The third-order valence-electron chi connectivity index (χ3n) is 4.46. The zero-order chi connectivity index (χ0) is 22.7. The molecular weight excluding hydrogens is 434 g/mol. The molecule has 0 saturated carbocycles. The Labute approximate surface area is 184 Å². The zero-order valence-electron chi connectivity index (χ0n) is 16.7. The molecule has 30 heavy (non-hydrogen) atoms. The number of thioether (sulfide) groups is 1. The largest absolute Gasteiger partial charge is 0.480 e. The van der Waals surface area contributed by atoms with Crippen molar-refractivity contribution in [3.05, 3.63) is 0 Å². The number of nitrogens with two attached hydrogens (primary N) is 1. The fourth-order valence-corrected chi connectivity index (χ4v) is 3.55. The quantitative estimate of drug-likeness (QED) is 0.151. The molecule has 0 aromatic rings. The normalized spacial score (nSPS) is 18.7. The van der Waals surface area contributed by atoms with Crippen LogP contribution in [0.1, 0.15) is 25.7 Å². The number of carboxylic acid groups (broad SMARTS) is 1. The van der Waals surface area contributed by atoms with Crippen LogP contribution in [0.5, 0.6) is 0 Å². The van der Waals surface area contributed by atoms with Crippen molar-refractivity contribution in [2.45, 2.75) is 49.9 Å². The van der Waals surface area contributed by atoms with Crippen LogP contribution in [0.3, 0.4) is 0 Å². The molecule has 4 atom stereocenters. The Bertz CT molecular complexity index is 644. The van der Waals surface area contributed by atoms with E-state index in [2.05, 4.69) is 33.9 Å². The van der Waals surface area contributed by atoms with Gasteiger partial charge in [-0.3, -0.25) is 19.2 Å². The van der Waals surface area contributed by atoms with Gasteiger partial charge in [0.1, 0.15) is 18.1 Å². The smallest absolute Gasteiger partial charge is 0.326 e. The minimum Gasteiger partial charge on any atom is -0.480 e. The summed E-state index contributed by atoms with van der Waals surface area (Å²) >= 11 is 5.54. The van der Waals surface area contributed by atoms with Crippen molar-refractivity contribution in [1.29, 1.82) is 0 Å². The molecule has 0 bridgehead atoms. The molecule has 0 aliphatic carbocycles. The van der Waals surface area contributed by atoms with E-state index in [9.17, 15) is 24.0 Å². The maximum absolute atomic E-state index is 12.6. The van der Waals surface area contributed by atoms with Crippen LogP contribution in [0, 0.1) is 0 Å². The van der Waals surface area contributed by atoms with E-state index in [1.54, 1.807) is 0 Å². The molecule has 0 aromatic heterocycles. The number of hydrogen-bond donors (Lipinski definition) is 7. The Hall–Kier alpha value is -1.99. The monoisotopic (exact) mass is 463 g/mol. The highest BCUT2D eigenvalue weighted by Gasteiger charge is 2.31. The Kier molecular flexibility index (Phi) is 11.6. The average molecular weight is 464 g/mol. The van der Waals surface area contributed by atoms with E-state index < -0.39 is 48.2 Å². The molecule has 1 saturated heterocycles. The van der Waals surface area contributed by atoms with Crippen LogP contribution in [0.15, 0.2) is 0 Å². The Balaban J connectivity index is 2.78. The first-order valence-electron chi connectivity index (χ1n) is 9.45. The number of rotatable bonds is 13. The molecule has 11 nitrogen and oxygen atoms in total. The van der Waals surface area contributed by atoms with E-state index in [1.807, 2.05) is 6.26 Å². The number of carbonyl (C=O) groups excluding carboxylic acids is 4. The van der Waals surface area contributed by atoms with E-state index in [0.717, 1.165) is 13.0 Å². The van der Waals surface area contributed by atoms with Gasteiger partial charge < -0.3 is 32.1 Å². The van der Waals surface area contributed by atoms with E-state index >= 15 is 0 Å². The first-order chi connectivity index (χ1) is 14.2. The number of thiol groups is 1. The fourth-order valence-electron chi connectivity index (χ4n) is 2.83. The molecule has 4 unspecified atom stereocenters. The highest BCUT2D eigenvalue weighted by atomic mass is 32.2. The van der Waals surface area contributed by atoms with Gasteiger partial charge in [0.25, 0.3) is 0 Å². The second kappa shape index (κ2) is 13.3. The molecule has 1 heterocycles. The van der Waals surface area contributed by atoms with Crippen molar-refractivity contribution in [3.8, 4) is 0 Å². The van der Waals surface area contributed by atoms with Crippen molar-refractivity contribution in [2.24, 2.45) is 5.73 Å². The molecule has 13 heteroatoms. The first-order valence-corrected chi connectivity index (χ1v) is 11.5. The number of nitrogens with one attached hydrogen (secondary N) is 4. The number of carbonyl (C=O) groups is 5. The summed E-state index contributed by atoms with van der Waals surface area (Å²) in [5.74, 6) is -3.46. The lowest BCUT2D eigenvalue weighted by Gasteiger charge is -2.24. The van der Waals surface area contributed by atoms with Gasteiger partial charge in [-0.15, -0.1) is 0 Å². The molecule has 0 radical (unpaired) electrons. The summed E-state index contributed by atoms with van der Waals surface area (Å²) in [5, 5.41) is 19.6. The molecule has 0 spiro atoms. The number of primary amides is 1. The predicted octanol–water partition coefficient (Wildman–Crippen LogP) is -2.16. The number of hydrogen-bond acceptors (Lipinski definition) is 8. The molecule has 170 valence electrons. The SMILES string of the molecule is CSCCC(NC(=O)C(CS)NC(=O)C1CCCN1)C(=O)NC(CC(N)=O)C(=O)O. The fraction of sp³-hybridized carbons (Fsp3) is 0.706. The zero-order valence-corrected chi connectivity index (χ0v) is 18.4. The lowest BCUT2D eigenvalue weighted by molar-refractivity contribution is -0.143. The van der Waals surface area contributed by atoms with E-state index in [1.165, 1.54) is 11.8 Å². The maximum atomic E-state index is 12.6. The van der Waals surface area contributed by atoms with Gasteiger partial charge in [0.2, 0.25) is 23.6 Å². The molecule has 4 amide bonds. The van der Waals surface area contributed by atoms with E-state index in [0.29, 0.717) is 12.2 Å². The summed E-state index contributed by atoms with van der Waals surface area (Å²) in [7, 11) is 0. The summed E-state index contributed by atoms with van der Waals surface area (Å²) in [6, 6.07) is -3.89. The van der Waals surface area contributed by atoms with Crippen molar-refractivity contribution in [1.82, 2.24) is 21.3 Å². The Morgan fingerprint density at radius 2 is 1.77 bits per heavy atom. The van der Waals surface area contributed by atoms with Crippen molar-refractivity contribution in [2.75, 3.05) is 24.3 Å². The third kappa shape index (κ3) is 8.79. The summed E-state index contributed by atoms with van der Waals surface area (Å²) < 4.78 is 0. The van der Waals surface area contributed by atoms with Crippen LogP contribution >= 0.6 is 24.4 Å². The van der Waals surface area contributed by atoms with E-state index in [4.69, 9.17) is 10.8 Å². The molecule has 1 rings (SSSR count). The van der Waals surface area contributed by atoms with Gasteiger partial charge in [0.15, 0.2) is 0 Å². The van der Waals surface area contributed by atoms with Crippen LogP contribution in [-0.4, -0.2) is 83.2 Å². The molecular formula is C17H29N5O6S2. The average Bonchev–Trinajstić information content (AvgIpc) is 3.22.